The molecule has 3 aromatic rings. The van der Waals surface area contributed by atoms with Crippen LogP contribution in [0.3, 0.4) is 0 Å². The molecule has 0 atom stereocenters. The van der Waals surface area contributed by atoms with Crippen molar-refractivity contribution in [2.75, 3.05) is 12.4 Å². The molecule has 0 aliphatic rings. The number of hydrogen-bond acceptors (Lipinski definition) is 4. The number of hydrogen-bond donors (Lipinski definition) is 2. The summed E-state index contributed by atoms with van der Waals surface area (Å²) in [4.78, 5) is 8.70. The Morgan fingerprint density at radius 1 is 1.20 bits per heavy atom. The zero-order valence-corrected chi connectivity index (χ0v) is 11.6. The van der Waals surface area contributed by atoms with Gasteiger partial charge in [-0.25, -0.2) is 9.97 Å². The number of para-hydroxylation sites is 1. The third kappa shape index (κ3) is 2.35. The Morgan fingerprint density at radius 3 is 2.90 bits per heavy atom. The third-order valence-corrected chi connectivity index (χ3v) is 3.20. The van der Waals surface area contributed by atoms with Crippen molar-refractivity contribution in [3.8, 4) is 0 Å². The van der Waals surface area contributed by atoms with Crippen LogP contribution in [-0.4, -0.2) is 21.6 Å². The van der Waals surface area contributed by atoms with Gasteiger partial charge in [0.1, 0.15) is 11.6 Å². The second-order valence-electron chi connectivity index (χ2n) is 4.68. The molecule has 0 amide bonds. The molecule has 0 unspecified atom stereocenters. The average molecular weight is 267 g/mol. The van der Waals surface area contributed by atoms with Crippen LogP contribution in [0.2, 0.25) is 0 Å². The van der Waals surface area contributed by atoms with E-state index in [1.165, 1.54) is 10.9 Å². The van der Waals surface area contributed by atoms with E-state index < -0.39 is 0 Å². The Labute approximate surface area is 117 Å². The number of nitrogens with one attached hydrogen (secondary N) is 2. The first-order valence-corrected chi connectivity index (χ1v) is 6.55. The minimum atomic E-state index is 0.658. The number of benzene rings is 1. The van der Waals surface area contributed by atoms with Crippen LogP contribution in [0.25, 0.3) is 10.9 Å². The molecule has 20 heavy (non-hydrogen) atoms. The van der Waals surface area contributed by atoms with E-state index in [0.29, 0.717) is 6.54 Å². The van der Waals surface area contributed by atoms with Crippen LogP contribution in [-0.2, 0) is 13.6 Å². The highest BCUT2D eigenvalue weighted by Crippen LogP contribution is 2.27. The maximum atomic E-state index is 4.48. The van der Waals surface area contributed by atoms with Crippen molar-refractivity contribution in [3.63, 3.8) is 0 Å². The summed E-state index contributed by atoms with van der Waals surface area (Å²) < 4.78 is 2.10. The lowest BCUT2D eigenvalue weighted by Gasteiger charge is -2.05. The van der Waals surface area contributed by atoms with E-state index in [1.807, 2.05) is 32.3 Å². The highest BCUT2D eigenvalue weighted by atomic mass is 15.1. The van der Waals surface area contributed by atoms with Gasteiger partial charge in [-0.2, -0.15) is 0 Å². The number of nitrogens with zero attached hydrogens (tertiary/aromatic N) is 3. The molecular formula is C15H17N5. The molecule has 0 saturated heterocycles. The SMILES string of the molecule is CNCc1nccc(Nc2cn(C)c3ccccc23)n1. The summed E-state index contributed by atoms with van der Waals surface area (Å²) in [7, 11) is 3.92. The quantitative estimate of drug-likeness (QED) is 0.762. The monoisotopic (exact) mass is 267 g/mol. The molecule has 5 heteroatoms. The van der Waals surface area contributed by atoms with Gasteiger partial charge in [-0.05, 0) is 19.2 Å². The van der Waals surface area contributed by atoms with Crippen molar-refractivity contribution in [1.29, 1.82) is 0 Å². The number of fused-ring (bicyclic) bond motifs is 1. The van der Waals surface area contributed by atoms with E-state index in [0.717, 1.165) is 17.3 Å². The highest BCUT2D eigenvalue weighted by Gasteiger charge is 2.07. The zero-order valence-electron chi connectivity index (χ0n) is 11.6. The summed E-state index contributed by atoms with van der Waals surface area (Å²) in [6, 6.07) is 10.2. The Morgan fingerprint density at radius 2 is 2.05 bits per heavy atom. The number of aryl methyl sites for hydroxylation is 1. The van der Waals surface area contributed by atoms with Crippen LogP contribution >= 0.6 is 0 Å². The Kier molecular flexibility index (Phi) is 3.35. The molecule has 0 aliphatic heterocycles. The van der Waals surface area contributed by atoms with Crippen molar-refractivity contribution < 1.29 is 0 Å². The summed E-state index contributed by atoms with van der Waals surface area (Å²) >= 11 is 0. The van der Waals surface area contributed by atoms with Crippen LogP contribution in [0.1, 0.15) is 5.82 Å². The lowest BCUT2D eigenvalue weighted by molar-refractivity contribution is 0.759. The van der Waals surface area contributed by atoms with Crippen molar-refractivity contribution in [2.24, 2.45) is 7.05 Å². The normalized spacial score (nSPS) is 10.9. The van der Waals surface area contributed by atoms with E-state index in [1.54, 1.807) is 6.20 Å². The molecule has 0 spiro atoms. The molecule has 0 bridgehead atoms. The molecule has 2 heterocycles. The topological polar surface area (TPSA) is 54.8 Å². The standard InChI is InChI=1S/C15H17N5/c1-16-9-15-17-8-7-14(19-15)18-12-10-20(2)13-6-4-3-5-11(12)13/h3-8,10,16H,9H2,1-2H3,(H,17,18,19). The first-order chi connectivity index (χ1) is 9.78. The summed E-state index contributed by atoms with van der Waals surface area (Å²) in [5.41, 5.74) is 2.25. The van der Waals surface area contributed by atoms with Crippen LogP contribution in [0.4, 0.5) is 11.5 Å². The van der Waals surface area contributed by atoms with E-state index in [2.05, 4.69) is 43.5 Å². The van der Waals surface area contributed by atoms with Gasteiger partial charge in [0.05, 0.1) is 12.2 Å². The summed E-state index contributed by atoms with van der Waals surface area (Å²) in [5, 5.41) is 7.60. The molecule has 0 aliphatic carbocycles. The minimum Gasteiger partial charge on any atom is -0.348 e. The molecule has 1 aromatic carbocycles. The zero-order chi connectivity index (χ0) is 13.9. The van der Waals surface area contributed by atoms with Gasteiger partial charge in [-0.15, -0.1) is 0 Å². The van der Waals surface area contributed by atoms with Gasteiger partial charge in [-0.3, -0.25) is 0 Å². The first-order valence-electron chi connectivity index (χ1n) is 6.55. The third-order valence-electron chi connectivity index (χ3n) is 3.20. The highest BCUT2D eigenvalue weighted by molar-refractivity contribution is 5.94. The average Bonchev–Trinajstić information content (AvgIpc) is 2.77. The summed E-state index contributed by atoms with van der Waals surface area (Å²) in [6.07, 6.45) is 3.84. The van der Waals surface area contributed by atoms with Crippen molar-refractivity contribution in [1.82, 2.24) is 19.9 Å². The maximum absolute atomic E-state index is 4.48. The fourth-order valence-corrected chi connectivity index (χ4v) is 2.29. The molecule has 0 saturated carbocycles. The molecule has 2 N–H and O–H groups in total. The van der Waals surface area contributed by atoms with E-state index >= 15 is 0 Å². The number of aromatic nitrogens is 3. The van der Waals surface area contributed by atoms with E-state index in [4.69, 9.17) is 0 Å². The Balaban J connectivity index is 1.95. The Hall–Kier alpha value is -2.40. The van der Waals surface area contributed by atoms with Crippen molar-refractivity contribution >= 4 is 22.4 Å². The Bertz CT molecular complexity index is 732. The minimum absolute atomic E-state index is 0.658. The second kappa shape index (κ2) is 5.30. The van der Waals surface area contributed by atoms with Crippen molar-refractivity contribution in [2.45, 2.75) is 6.54 Å². The van der Waals surface area contributed by atoms with Crippen LogP contribution < -0.4 is 10.6 Å². The summed E-state index contributed by atoms with van der Waals surface area (Å²) in [6.45, 7) is 0.658. The fourth-order valence-electron chi connectivity index (χ4n) is 2.29. The second-order valence-corrected chi connectivity index (χ2v) is 4.68. The van der Waals surface area contributed by atoms with Gasteiger partial charge < -0.3 is 15.2 Å². The molecule has 5 nitrogen and oxygen atoms in total. The van der Waals surface area contributed by atoms with E-state index in [9.17, 15) is 0 Å². The van der Waals surface area contributed by atoms with Gasteiger partial charge in [0.25, 0.3) is 0 Å². The van der Waals surface area contributed by atoms with Gasteiger partial charge in [0.2, 0.25) is 0 Å². The van der Waals surface area contributed by atoms with Crippen LogP contribution in [0, 0.1) is 0 Å². The lowest BCUT2D eigenvalue weighted by Crippen LogP contribution is -2.09. The molecule has 0 fully saturated rings. The largest absolute Gasteiger partial charge is 0.348 e. The maximum Gasteiger partial charge on any atom is 0.144 e. The summed E-state index contributed by atoms with van der Waals surface area (Å²) in [5.74, 6) is 1.58. The lowest BCUT2D eigenvalue weighted by atomic mass is 10.2. The van der Waals surface area contributed by atoms with Crippen LogP contribution in [0.15, 0.2) is 42.7 Å². The van der Waals surface area contributed by atoms with Crippen molar-refractivity contribution in [3.05, 3.63) is 48.5 Å². The molecule has 2 aromatic heterocycles. The van der Waals surface area contributed by atoms with Crippen LogP contribution in [0.5, 0.6) is 0 Å². The van der Waals surface area contributed by atoms with E-state index in [-0.39, 0.29) is 0 Å². The van der Waals surface area contributed by atoms with Gasteiger partial charge in [0.15, 0.2) is 0 Å². The fraction of sp³-hybridized carbons (Fsp3) is 0.200. The number of anilines is 2. The number of rotatable bonds is 4. The van der Waals surface area contributed by atoms with Gasteiger partial charge >= 0.3 is 0 Å². The predicted molar refractivity (Wildman–Crippen MR) is 81.0 cm³/mol. The van der Waals surface area contributed by atoms with Gasteiger partial charge in [-0.1, -0.05) is 18.2 Å². The smallest absolute Gasteiger partial charge is 0.144 e. The predicted octanol–water partition coefficient (Wildman–Crippen LogP) is 2.43. The molecule has 0 radical (unpaired) electrons. The molecule has 3 rings (SSSR count). The van der Waals surface area contributed by atoms with Gasteiger partial charge in [0, 0.05) is 30.3 Å². The molecular weight excluding hydrogens is 250 g/mol. The molecule has 102 valence electrons. The first kappa shape index (κ1) is 12.6.